The van der Waals surface area contributed by atoms with E-state index < -0.39 is 0 Å². The summed E-state index contributed by atoms with van der Waals surface area (Å²) < 4.78 is 5.25. The van der Waals surface area contributed by atoms with Gasteiger partial charge in [-0.05, 0) is 25.0 Å². The summed E-state index contributed by atoms with van der Waals surface area (Å²) >= 11 is 0. The van der Waals surface area contributed by atoms with Gasteiger partial charge in [0, 0.05) is 12.1 Å². The zero-order valence-corrected chi connectivity index (χ0v) is 9.26. The van der Waals surface area contributed by atoms with E-state index in [9.17, 15) is 5.11 Å². The Morgan fingerprint density at radius 3 is 2.88 bits per heavy atom. The number of rotatable bonds is 3. The zero-order valence-electron chi connectivity index (χ0n) is 9.26. The normalized spacial score (nSPS) is 17.0. The summed E-state index contributed by atoms with van der Waals surface area (Å²) in [4.78, 5) is 4.36. The van der Waals surface area contributed by atoms with Crippen molar-refractivity contribution in [2.45, 2.75) is 18.3 Å². The highest BCUT2D eigenvalue weighted by molar-refractivity contribution is 5.56. The lowest BCUT2D eigenvalue weighted by atomic mass is 10.1. The van der Waals surface area contributed by atoms with Crippen molar-refractivity contribution in [3.63, 3.8) is 0 Å². The molecule has 0 spiro atoms. The zero-order chi connectivity index (χ0) is 11.9. The first kappa shape index (κ1) is 10.3. The van der Waals surface area contributed by atoms with E-state index in [1.165, 1.54) is 0 Å². The molecule has 1 saturated carbocycles. The summed E-state index contributed by atoms with van der Waals surface area (Å²) in [6.07, 6.45) is 2.01. The van der Waals surface area contributed by atoms with Crippen LogP contribution in [0.4, 0.5) is 0 Å². The minimum atomic E-state index is -0.0952. The van der Waals surface area contributed by atoms with E-state index in [1.54, 1.807) is 18.2 Å². The number of hydrogen-bond donors (Lipinski definition) is 2. The van der Waals surface area contributed by atoms with Crippen molar-refractivity contribution >= 4 is 0 Å². The predicted molar refractivity (Wildman–Crippen MR) is 61.4 cm³/mol. The molecule has 5 nitrogen and oxygen atoms in total. The molecule has 0 amide bonds. The molecule has 3 rings (SSSR count). The van der Waals surface area contributed by atoms with E-state index >= 15 is 0 Å². The van der Waals surface area contributed by atoms with Crippen molar-refractivity contribution in [1.82, 2.24) is 10.1 Å². The molecule has 1 aromatic carbocycles. The maximum absolute atomic E-state index is 9.39. The third kappa shape index (κ3) is 1.68. The summed E-state index contributed by atoms with van der Waals surface area (Å²) in [6, 6.07) is 6.79. The second-order valence-electron chi connectivity index (χ2n) is 4.46. The minimum Gasteiger partial charge on any atom is -0.508 e. The van der Waals surface area contributed by atoms with Gasteiger partial charge in [0.05, 0.1) is 5.41 Å². The number of hydrogen-bond acceptors (Lipinski definition) is 5. The second-order valence-corrected chi connectivity index (χ2v) is 4.46. The van der Waals surface area contributed by atoms with Gasteiger partial charge in [0.25, 0.3) is 0 Å². The van der Waals surface area contributed by atoms with Crippen LogP contribution in [0.25, 0.3) is 11.4 Å². The van der Waals surface area contributed by atoms with Crippen LogP contribution in [-0.4, -0.2) is 21.8 Å². The van der Waals surface area contributed by atoms with Crippen molar-refractivity contribution in [3.05, 3.63) is 30.2 Å². The maximum Gasteiger partial charge on any atom is 0.234 e. The average molecular weight is 231 g/mol. The first-order chi connectivity index (χ1) is 8.23. The highest BCUT2D eigenvalue weighted by Crippen LogP contribution is 2.46. The van der Waals surface area contributed by atoms with Gasteiger partial charge in [-0.2, -0.15) is 4.98 Å². The van der Waals surface area contributed by atoms with Crippen molar-refractivity contribution < 1.29 is 9.63 Å². The molecule has 17 heavy (non-hydrogen) atoms. The van der Waals surface area contributed by atoms with Crippen LogP contribution in [0, 0.1) is 0 Å². The van der Waals surface area contributed by atoms with Crippen molar-refractivity contribution in [3.8, 4) is 17.1 Å². The van der Waals surface area contributed by atoms with Gasteiger partial charge in [0.15, 0.2) is 0 Å². The van der Waals surface area contributed by atoms with E-state index in [0.29, 0.717) is 18.3 Å². The van der Waals surface area contributed by atoms with Crippen LogP contribution in [0.15, 0.2) is 28.8 Å². The number of aromatic hydroxyl groups is 1. The van der Waals surface area contributed by atoms with Gasteiger partial charge >= 0.3 is 0 Å². The molecule has 0 saturated heterocycles. The molecule has 0 bridgehead atoms. The van der Waals surface area contributed by atoms with Gasteiger partial charge in [-0.25, -0.2) is 0 Å². The largest absolute Gasteiger partial charge is 0.508 e. The Morgan fingerprint density at radius 1 is 1.41 bits per heavy atom. The SMILES string of the molecule is NCC1(c2nc(-c3cccc(O)c3)no2)CC1. The molecule has 1 aliphatic carbocycles. The summed E-state index contributed by atoms with van der Waals surface area (Å²) in [5, 5.41) is 13.3. The first-order valence-electron chi connectivity index (χ1n) is 5.57. The van der Waals surface area contributed by atoms with Crippen LogP contribution >= 0.6 is 0 Å². The van der Waals surface area contributed by atoms with Gasteiger partial charge in [-0.15, -0.1) is 0 Å². The Bertz CT molecular complexity index is 546. The van der Waals surface area contributed by atoms with Crippen LogP contribution in [0.3, 0.4) is 0 Å². The number of benzene rings is 1. The highest BCUT2D eigenvalue weighted by atomic mass is 16.5. The topological polar surface area (TPSA) is 85.2 Å². The van der Waals surface area contributed by atoms with E-state index in [0.717, 1.165) is 18.4 Å². The maximum atomic E-state index is 9.39. The van der Waals surface area contributed by atoms with Gasteiger partial charge < -0.3 is 15.4 Å². The molecule has 0 aliphatic heterocycles. The number of nitrogens with zero attached hydrogens (tertiary/aromatic N) is 2. The highest BCUT2D eigenvalue weighted by Gasteiger charge is 2.48. The molecule has 3 N–H and O–H groups in total. The number of aromatic nitrogens is 2. The number of phenolic OH excluding ortho intramolecular Hbond substituents is 1. The lowest BCUT2D eigenvalue weighted by Gasteiger charge is -2.03. The summed E-state index contributed by atoms with van der Waals surface area (Å²) in [5.41, 5.74) is 6.35. The van der Waals surface area contributed by atoms with Crippen LogP contribution in [-0.2, 0) is 5.41 Å². The molecule has 1 heterocycles. The molecular weight excluding hydrogens is 218 g/mol. The van der Waals surface area contributed by atoms with Crippen LogP contribution in [0.2, 0.25) is 0 Å². The standard InChI is InChI=1S/C12H13N3O2/c13-7-12(4-5-12)11-14-10(15-17-11)8-2-1-3-9(16)6-8/h1-3,6,16H,4-5,7,13H2. The Labute approximate surface area is 98.3 Å². The Kier molecular flexibility index (Phi) is 2.16. The summed E-state index contributed by atoms with van der Waals surface area (Å²) in [7, 11) is 0. The van der Waals surface area contributed by atoms with Gasteiger partial charge in [0.1, 0.15) is 5.75 Å². The lowest BCUT2D eigenvalue weighted by Crippen LogP contribution is -2.19. The minimum absolute atomic E-state index is 0.0952. The molecule has 0 atom stereocenters. The quantitative estimate of drug-likeness (QED) is 0.834. The molecule has 0 unspecified atom stereocenters. The molecule has 2 aromatic rings. The molecule has 1 aromatic heterocycles. The fraction of sp³-hybridized carbons (Fsp3) is 0.333. The number of phenols is 1. The van der Waals surface area contributed by atoms with Crippen molar-refractivity contribution in [1.29, 1.82) is 0 Å². The Morgan fingerprint density at radius 2 is 2.24 bits per heavy atom. The molecule has 1 aliphatic rings. The Hall–Kier alpha value is -1.88. The first-order valence-corrected chi connectivity index (χ1v) is 5.57. The van der Waals surface area contributed by atoms with Gasteiger partial charge in [0.2, 0.25) is 11.7 Å². The van der Waals surface area contributed by atoms with Crippen LogP contribution in [0.1, 0.15) is 18.7 Å². The second kappa shape index (κ2) is 3.56. The molecular formula is C12H13N3O2. The average Bonchev–Trinajstić information content (AvgIpc) is 2.99. The predicted octanol–water partition coefficient (Wildman–Crippen LogP) is 1.43. The molecule has 0 radical (unpaired) electrons. The van der Waals surface area contributed by atoms with E-state index in [1.807, 2.05) is 6.07 Å². The van der Waals surface area contributed by atoms with Crippen LogP contribution < -0.4 is 5.73 Å². The third-order valence-corrected chi connectivity index (χ3v) is 3.23. The monoisotopic (exact) mass is 231 g/mol. The third-order valence-electron chi connectivity index (χ3n) is 3.23. The smallest absolute Gasteiger partial charge is 0.234 e. The van der Waals surface area contributed by atoms with E-state index in [2.05, 4.69) is 10.1 Å². The molecule has 88 valence electrons. The lowest BCUT2D eigenvalue weighted by molar-refractivity contribution is 0.347. The fourth-order valence-electron chi connectivity index (χ4n) is 1.86. The van der Waals surface area contributed by atoms with E-state index in [4.69, 9.17) is 10.3 Å². The Balaban J connectivity index is 1.95. The van der Waals surface area contributed by atoms with Gasteiger partial charge in [-0.1, -0.05) is 17.3 Å². The van der Waals surface area contributed by atoms with Crippen LogP contribution in [0.5, 0.6) is 5.75 Å². The number of nitrogens with two attached hydrogens (primary N) is 1. The van der Waals surface area contributed by atoms with E-state index in [-0.39, 0.29) is 11.2 Å². The summed E-state index contributed by atoms with van der Waals surface area (Å²) in [5.74, 6) is 1.29. The molecule has 1 fully saturated rings. The van der Waals surface area contributed by atoms with Crippen molar-refractivity contribution in [2.75, 3.05) is 6.54 Å². The summed E-state index contributed by atoms with van der Waals surface area (Å²) in [6.45, 7) is 0.536. The van der Waals surface area contributed by atoms with Crippen molar-refractivity contribution in [2.24, 2.45) is 5.73 Å². The fourth-order valence-corrected chi connectivity index (χ4v) is 1.86. The molecule has 5 heteroatoms. The van der Waals surface area contributed by atoms with Gasteiger partial charge in [-0.3, -0.25) is 0 Å².